The van der Waals surface area contributed by atoms with Crippen molar-refractivity contribution in [2.45, 2.75) is 71.9 Å². The molecule has 3 aromatic carbocycles. The van der Waals surface area contributed by atoms with Crippen molar-refractivity contribution in [3.05, 3.63) is 101 Å². The van der Waals surface area contributed by atoms with Crippen LogP contribution in [0.5, 0.6) is 5.75 Å². The topological polar surface area (TPSA) is 146 Å². The number of esters is 4. The van der Waals surface area contributed by atoms with Crippen molar-refractivity contribution in [1.29, 1.82) is 0 Å². The summed E-state index contributed by atoms with van der Waals surface area (Å²) in [6, 6.07) is 21.9. The van der Waals surface area contributed by atoms with Gasteiger partial charge < -0.3 is 33.0 Å². The Morgan fingerprint density at radius 2 is 1.35 bits per heavy atom. The Hall–Kier alpha value is -5.49. The average Bonchev–Trinajstić information content (AvgIpc) is 3.45. The molecule has 0 bridgehead atoms. The van der Waals surface area contributed by atoms with E-state index in [1.807, 2.05) is 43.3 Å². The molecular formula is C37H37NO11. The fourth-order valence-corrected chi connectivity index (χ4v) is 5.90. The Kier molecular flexibility index (Phi) is 10.8. The van der Waals surface area contributed by atoms with Crippen LogP contribution in [-0.4, -0.2) is 65.3 Å². The Morgan fingerprint density at radius 3 is 1.98 bits per heavy atom. The lowest BCUT2D eigenvalue weighted by molar-refractivity contribution is -0.267. The lowest BCUT2D eigenvalue weighted by atomic mass is 9.97. The summed E-state index contributed by atoms with van der Waals surface area (Å²) in [7, 11) is 0. The first-order chi connectivity index (χ1) is 23.4. The van der Waals surface area contributed by atoms with E-state index in [2.05, 4.69) is 0 Å². The summed E-state index contributed by atoms with van der Waals surface area (Å²) in [4.78, 5) is 62.9. The molecule has 0 spiro atoms. The third-order valence-corrected chi connectivity index (χ3v) is 7.92. The second kappa shape index (κ2) is 15.2. The van der Waals surface area contributed by atoms with Crippen molar-refractivity contribution in [3.63, 3.8) is 0 Å². The molecule has 1 aromatic heterocycles. The summed E-state index contributed by atoms with van der Waals surface area (Å²) in [6.45, 7) is 6.54. The van der Waals surface area contributed by atoms with Gasteiger partial charge in [0.25, 0.3) is 0 Å². The number of benzene rings is 3. The maximum absolute atomic E-state index is 14.1. The van der Waals surface area contributed by atoms with Crippen molar-refractivity contribution in [3.8, 4) is 5.75 Å². The van der Waals surface area contributed by atoms with E-state index in [-0.39, 0.29) is 12.4 Å². The van der Waals surface area contributed by atoms with Gasteiger partial charge in [0, 0.05) is 50.4 Å². The molecule has 5 atom stereocenters. The van der Waals surface area contributed by atoms with Gasteiger partial charge >= 0.3 is 23.9 Å². The van der Waals surface area contributed by atoms with Gasteiger partial charge in [0.2, 0.25) is 0 Å². The highest BCUT2D eigenvalue weighted by Crippen LogP contribution is 2.39. The number of hydrogen-bond donors (Lipinski definition) is 0. The van der Waals surface area contributed by atoms with Crippen LogP contribution in [-0.2, 0) is 49.5 Å². The van der Waals surface area contributed by atoms with E-state index in [4.69, 9.17) is 28.4 Å². The number of ketones is 1. The van der Waals surface area contributed by atoms with Crippen LogP contribution in [0.15, 0.2) is 79.0 Å². The molecule has 0 saturated carbocycles. The average molecular weight is 672 g/mol. The molecule has 1 aliphatic rings. The fraction of sp³-hybridized carbons (Fsp3) is 0.324. The number of rotatable bonds is 11. The highest BCUT2D eigenvalue weighted by Gasteiger charge is 2.53. The predicted octanol–water partition coefficient (Wildman–Crippen LogP) is 5.02. The lowest BCUT2D eigenvalue weighted by Crippen LogP contribution is -2.60. The number of fused-ring (bicyclic) bond motifs is 1. The van der Waals surface area contributed by atoms with Gasteiger partial charge in [0.05, 0.1) is 5.52 Å². The van der Waals surface area contributed by atoms with Crippen LogP contribution < -0.4 is 4.74 Å². The lowest BCUT2D eigenvalue weighted by Gasteiger charge is -2.44. The molecule has 0 amide bonds. The van der Waals surface area contributed by atoms with Gasteiger partial charge in [-0.1, -0.05) is 42.5 Å². The first-order valence-electron chi connectivity index (χ1n) is 15.6. The van der Waals surface area contributed by atoms with Crippen molar-refractivity contribution in [2.75, 3.05) is 6.61 Å². The molecule has 1 aliphatic heterocycles. The van der Waals surface area contributed by atoms with Crippen LogP contribution in [0.25, 0.3) is 10.9 Å². The number of aryl methyl sites for hydroxylation is 1. The first kappa shape index (κ1) is 34.8. The zero-order valence-corrected chi connectivity index (χ0v) is 27.7. The zero-order chi connectivity index (χ0) is 35.2. The number of hydrogen-bond acceptors (Lipinski definition) is 11. The van der Waals surface area contributed by atoms with E-state index in [1.165, 1.54) is 13.8 Å². The Bertz CT molecular complexity index is 1850. The minimum Gasteiger partial charge on any atom is -0.489 e. The number of carbonyl (C=O) groups is 5. The molecule has 1 fully saturated rings. The molecule has 1 saturated heterocycles. The smallest absolute Gasteiger partial charge is 0.303 e. The second-order valence-corrected chi connectivity index (χ2v) is 11.6. The van der Waals surface area contributed by atoms with Crippen molar-refractivity contribution < 1.29 is 52.4 Å². The molecule has 5 unspecified atom stereocenters. The molecule has 49 heavy (non-hydrogen) atoms. The van der Waals surface area contributed by atoms with Gasteiger partial charge in [-0.2, -0.15) is 0 Å². The second-order valence-electron chi connectivity index (χ2n) is 11.6. The van der Waals surface area contributed by atoms with Gasteiger partial charge in [-0.3, -0.25) is 24.0 Å². The van der Waals surface area contributed by atoms with E-state index in [0.717, 1.165) is 25.0 Å². The molecule has 12 heteroatoms. The largest absolute Gasteiger partial charge is 0.489 e. The van der Waals surface area contributed by atoms with E-state index >= 15 is 0 Å². The van der Waals surface area contributed by atoms with Gasteiger partial charge in [-0.15, -0.1) is 0 Å². The van der Waals surface area contributed by atoms with Crippen LogP contribution in [0.1, 0.15) is 61.0 Å². The number of carbonyl (C=O) groups excluding carboxylic acids is 5. The minimum absolute atomic E-state index is 0.293. The highest BCUT2D eigenvalue weighted by atomic mass is 16.7. The third-order valence-electron chi connectivity index (χ3n) is 7.92. The summed E-state index contributed by atoms with van der Waals surface area (Å²) in [6.07, 6.45) is -4.82. The maximum Gasteiger partial charge on any atom is 0.303 e. The van der Waals surface area contributed by atoms with Crippen molar-refractivity contribution >= 4 is 40.6 Å². The Labute approximate surface area is 282 Å². The third kappa shape index (κ3) is 8.15. The zero-order valence-electron chi connectivity index (χ0n) is 27.7. The van der Waals surface area contributed by atoms with Crippen molar-refractivity contribution in [2.24, 2.45) is 0 Å². The standard InChI is InChI=1S/C37H37NO11/c1-21-10-9-13-30-32(21)29(33(43)27-14-16-28(17-15-27)45-19-26-11-7-6-8-12-26)18-38(30)37-36(48-25(5)42)35(47-24(4)41)34(46-23(3)40)31(49-37)20-44-22(2)39/h6-18,31,34-37H,19-20H2,1-5H3. The van der Waals surface area contributed by atoms with Crippen molar-refractivity contribution in [1.82, 2.24) is 4.57 Å². The summed E-state index contributed by atoms with van der Waals surface area (Å²) in [5.41, 5.74) is 3.07. The van der Waals surface area contributed by atoms with E-state index < -0.39 is 54.5 Å². The first-order valence-corrected chi connectivity index (χ1v) is 15.6. The molecule has 5 rings (SSSR count). The SMILES string of the molecule is CC(=O)OCC1OC(n2cc(C(=O)c3ccc(OCc4ccccc4)cc3)c3c(C)cccc32)C(OC(C)=O)C(OC(C)=O)C1OC(C)=O. The fourth-order valence-electron chi connectivity index (χ4n) is 5.90. The molecule has 0 radical (unpaired) electrons. The minimum atomic E-state index is -1.37. The van der Waals surface area contributed by atoms with Gasteiger partial charge in [0.15, 0.2) is 30.3 Å². The molecular weight excluding hydrogens is 634 g/mol. The molecule has 2 heterocycles. The van der Waals surface area contributed by atoms with Gasteiger partial charge in [-0.25, -0.2) is 0 Å². The van der Waals surface area contributed by atoms with E-state index in [1.54, 1.807) is 47.2 Å². The maximum atomic E-state index is 14.1. The predicted molar refractivity (Wildman–Crippen MR) is 175 cm³/mol. The van der Waals surface area contributed by atoms with Gasteiger partial charge in [0.1, 0.15) is 25.1 Å². The van der Waals surface area contributed by atoms with Gasteiger partial charge in [-0.05, 0) is 48.4 Å². The summed E-state index contributed by atoms with van der Waals surface area (Å²) >= 11 is 0. The highest BCUT2D eigenvalue weighted by molar-refractivity contribution is 6.17. The molecule has 256 valence electrons. The summed E-state index contributed by atoms with van der Waals surface area (Å²) in [5, 5.41) is 0.616. The van der Waals surface area contributed by atoms with E-state index in [0.29, 0.717) is 34.4 Å². The summed E-state index contributed by atoms with van der Waals surface area (Å²) < 4.78 is 36.0. The Morgan fingerprint density at radius 1 is 0.714 bits per heavy atom. The van der Waals surface area contributed by atoms with Crippen LogP contribution in [0, 0.1) is 6.92 Å². The van der Waals surface area contributed by atoms with Crippen LogP contribution >= 0.6 is 0 Å². The van der Waals surface area contributed by atoms with E-state index in [9.17, 15) is 24.0 Å². The molecule has 0 N–H and O–H groups in total. The normalized spacial score (nSPS) is 20.2. The van der Waals surface area contributed by atoms with Crippen LogP contribution in [0.2, 0.25) is 0 Å². The number of ether oxygens (including phenoxy) is 6. The number of nitrogens with zero attached hydrogens (tertiary/aromatic N) is 1. The molecule has 0 aliphatic carbocycles. The van der Waals surface area contributed by atoms with Crippen LogP contribution in [0.3, 0.4) is 0 Å². The monoisotopic (exact) mass is 671 g/mol. The summed E-state index contributed by atoms with van der Waals surface area (Å²) in [5.74, 6) is -2.53. The quantitative estimate of drug-likeness (QED) is 0.120. The van der Waals surface area contributed by atoms with Crippen LogP contribution in [0.4, 0.5) is 0 Å². The molecule has 12 nitrogen and oxygen atoms in total. The number of aromatic nitrogens is 1. The Balaban J connectivity index is 1.56. The molecule has 4 aromatic rings.